The van der Waals surface area contributed by atoms with Gasteiger partial charge < -0.3 is 9.47 Å². The molecular formula is C18H38O2. The average molecular weight is 286 g/mol. The van der Waals surface area contributed by atoms with Gasteiger partial charge in [-0.3, -0.25) is 0 Å². The molecule has 0 saturated heterocycles. The van der Waals surface area contributed by atoms with E-state index in [2.05, 4.69) is 27.7 Å². The van der Waals surface area contributed by atoms with Crippen molar-refractivity contribution < 1.29 is 9.47 Å². The fraction of sp³-hybridized carbons (Fsp3) is 1.00. The Hall–Kier alpha value is -0.0800. The molecular weight excluding hydrogens is 248 g/mol. The summed E-state index contributed by atoms with van der Waals surface area (Å²) in [5, 5.41) is 0. The van der Waals surface area contributed by atoms with Crippen LogP contribution in [0.3, 0.4) is 0 Å². The van der Waals surface area contributed by atoms with Gasteiger partial charge in [0.2, 0.25) is 0 Å². The van der Waals surface area contributed by atoms with Crippen LogP contribution < -0.4 is 0 Å². The summed E-state index contributed by atoms with van der Waals surface area (Å²) in [6, 6.07) is 0. The van der Waals surface area contributed by atoms with Crippen molar-refractivity contribution in [2.45, 2.75) is 98.2 Å². The first kappa shape index (κ1) is 19.9. The molecule has 1 unspecified atom stereocenters. The number of hydrogen-bond acceptors (Lipinski definition) is 2. The normalized spacial score (nSPS) is 13.1. The molecule has 0 rings (SSSR count). The van der Waals surface area contributed by atoms with Gasteiger partial charge in [0.1, 0.15) is 0 Å². The third kappa shape index (κ3) is 14.3. The van der Waals surface area contributed by atoms with Gasteiger partial charge in [-0.05, 0) is 31.6 Å². The van der Waals surface area contributed by atoms with Crippen LogP contribution in [0, 0.1) is 5.92 Å². The maximum absolute atomic E-state index is 5.93. The van der Waals surface area contributed by atoms with Crippen molar-refractivity contribution in [1.82, 2.24) is 0 Å². The SMILES string of the molecule is CCCCCCCOC(CCC(C)C)OCCCCC. The molecule has 20 heavy (non-hydrogen) atoms. The third-order valence-corrected chi connectivity index (χ3v) is 3.58. The lowest BCUT2D eigenvalue weighted by atomic mass is 10.1. The number of ether oxygens (including phenoxy) is 2. The minimum Gasteiger partial charge on any atom is -0.353 e. The summed E-state index contributed by atoms with van der Waals surface area (Å²) < 4.78 is 11.8. The number of hydrogen-bond donors (Lipinski definition) is 0. The second-order valence-corrected chi connectivity index (χ2v) is 6.26. The first-order chi connectivity index (χ1) is 9.70. The average Bonchev–Trinajstić information content (AvgIpc) is 2.43. The highest BCUT2D eigenvalue weighted by Gasteiger charge is 2.10. The van der Waals surface area contributed by atoms with Crippen molar-refractivity contribution in [3.05, 3.63) is 0 Å². The minimum absolute atomic E-state index is 0.0282. The highest BCUT2D eigenvalue weighted by molar-refractivity contribution is 4.52. The number of unbranched alkanes of at least 4 members (excludes halogenated alkanes) is 6. The maximum Gasteiger partial charge on any atom is 0.157 e. The Labute approximate surface area is 127 Å². The summed E-state index contributed by atoms with van der Waals surface area (Å²) in [7, 11) is 0. The van der Waals surface area contributed by atoms with Gasteiger partial charge in [-0.25, -0.2) is 0 Å². The molecule has 0 aromatic heterocycles. The van der Waals surface area contributed by atoms with E-state index in [1.54, 1.807) is 0 Å². The molecule has 0 heterocycles. The van der Waals surface area contributed by atoms with E-state index < -0.39 is 0 Å². The molecule has 122 valence electrons. The van der Waals surface area contributed by atoms with Crippen molar-refractivity contribution in [3.8, 4) is 0 Å². The summed E-state index contributed by atoms with van der Waals surface area (Å²) in [5.41, 5.74) is 0. The van der Waals surface area contributed by atoms with Crippen LogP contribution in [0.15, 0.2) is 0 Å². The Kier molecular flexibility index (Phi) is 15.3. The third-order valence-electron chi connectivity index (χ3n) is 3.58. The van der Waals surface area contributed by atoms with Crippen LogP contribution in [-0.2, 0) is 9.47 Å². The standard InChI is InChI=1S/C18H38O2/c1-5-7-9-10-12-16-20-18(14-13-17(3)4)19-15-11-8-6-2/h17-18H,5-16H2,1-4H3. The van der Waals surface area contributed by atoms with E-state index in [4.69, 9.17) is 9.47 Å². The van der Waals surface area contributed by atoms with Gasteiger partial charge in [-0.1, -0.05) is 66.2 Å². The summed E-state index contributed by atoms with van der Waals surface area (Å²) >= 11 is 0. The van der Waals surface area contributed by atoms with Crippen molar-refractivity contribution in [2.75, 3.05) is 13.2 Å². The van der Waals surface area contributed by atoms with Crippen molar-refractivity contribution >= 4 is 0 Å². The summed E-state index contributed by atoms with van der Waals surface area (Å²) in [4.78, 5) is 0. The Morgan fingerprint density at radius 3 is 1.70 bits per heavy atom. The quantitative estimate of drug-likeness (QED) is 0.274. The van der Waals surface area contributed by atoms with Crippen molar-refractivity contribution in [1.29, 1.82) is 0 Å². The fourth-order valence-corrected chi connectivity index (χ4v) is 2.17. The molecule has 0 aliphatic carbocycles. The van der Waals surface area contributed by atoms with Gasteiger partial charge >= 0.3 is 0 Å². The lowest BCUT2D eigenvalue weighted by Crippen LogP contribution is -2.19. The maximum atomic E-state index is 5.93. The van der Waals surface area contributed by atoms with Crippen LogP contribution in [-0.4, -0.2) is 19.5 Å². The first-order valence-electron chi connectivity index (χ1n) is 8.93. The molecule has 0 bridgehead atoms. The lowest BCUT2D eigenvalue weighted by Gasteiger charge is -2.19. The van der Waals surface area contributed by atoms with Crippen molar-refractivity contribution in [2.24, 2.45) is 5.92 Å². The molecule has 0 saturated carbocycles. The summed E-state index contributed by atoms with van der Waals surface area (Å²) in [5.74, 6) is 0.727. The van der Waals surface area contributed by atoms with Gasteiger partial charge in [0.25, 0.3) is 0 Å². The van der Waals surface area contributed by atoms with Crippen LogP contribution in [0.4, 0.5) is 0 Å². The predicted molar refractivity (Wildman–Crippen MR) is 88.0 cm³/mol. The van der Waals surface area contributed by atoms with Gasteiger partial charge in [0.05, 0.1) is 0 Å². The highest BCUT2D eigenvalue weighted by atomic mass is 16.7. The molecule has 0 aromatic rings. The Morgan fingerprint density at radius 2 is 1.15 bits per heavy atom. The molecule has 0 aliphatic rings. The van der Waals surface area contributed by atoms with Crippen LogP contribution in [0.5, 0.6) is 0 Å². The van der Waals surface area contributed by atoms with E-state index in [1.165, 1.54) is 51.4 Å². The molecule has 0 radical (unpaired) electrons. The van der Waals surface area contributed by atoms with Crippen LogP contribution in [0.2, 0.25) is 0 Å². The Bertz CT molecular complexity index is 180. The smallest absolute Gasteiger partial charge is 0.157 e. The fourth-order valence-electron chi connectivity index (χ4n) is 2.17. The van der Waals surface area contributed by atoms with E-state index in [9.17, 15) is 0 Å². The Balaban J connectivity index is 3.68. The minimum atomic E-state index is 0.0282. The molecule has 0 aromatic carbocycles. The Morgan fingerprint density at radius 1 is 0.650 bits per heavy atom. The first-order valence-corrected chi connectivity index (χ1v) is 8.93. The zero-order valence-corrected chi connectivity index (χ0v) is 14.5. The van der Waals surface area contributed by atoms with E-state index in [0.717, 1.165) is 32.0 Å². The molecule has 0 N–H and O–H groups in total. The molecule has 0 aliphatic heterocycles. The molecule has 1 atom stereocenters. The van der Waals surface area contributed by atoms with Gasteiger partial charge in [0, 0.05) is 13.2 Å². The largest absolute Gasteiger partial charge is 0.353 e. The molecule has 0 spiro atoms. The van der Waals surface area contributed by atoms with E-state index in [0.29, 0.717) is 0 Å². The van der Waals surface area contributed by atoms with Gasteiger partial charge in [-0.2, -0.15) is 0 Å². The monoisotopic (exact) mass is 286 g/mol. The van der Waals surface area contributed by atoms with Crippen molar-refractivity contribution in [3.63, 3.8) is 0 Å². The topological polar surface area (TPSA) is 18.5 Å². The highest BCUT2D eigenvalue weighted by Crippen LogP contribution is 2.13. The van der Waals surface area contributed by atoms with E-state index >= 15 is 0 Å². The molecule has 2 nitrogen and oxygen atoms in total. The van der Waals surface area contributed by atoms with Gasteiger partial charge in [-0.15, -0.1) is 0 Å². The van der Waals surface area contributed by atoms with Gasteiger partial charge in [0.15, 0.2) is 6.29 Å². The van der Waals surface area contributed by atoms with E-state index in [-0.39, 0.29) is 6.29 Å². The second-order valence-electron chi connectivity index (χ2n) is 6.26. The lowest BCUT2D eigenvalue weighted by molar-refractivity contribution is -0.148. The van der Waals surface area contributed by atoms with Crippen LogP contribution in [0.1, 0.15) is 91.9 Å². The molecule has 2 heteroatoms. The van der Waals surface area contributed by atoms with E-state index in [1.807, 2.05) is 0 Å². The zero-order chi connectivity index (χ0) is 15.1. The van der Waals surface area contributed by atoms with Crippen LogP contribution in [0.25, 0.3) is 0 Å². The predicted octanol–water partition coefficient (Wildman–Crippen LogP) is 5.94. The molecule has 0 amide bonds. The summed E-state index contributed by atoms with van der Waals surface area (Å²) in [6.07, 6.45) is 12.4. The summed E-state index contributed by atoms with van der Waals surface area (Å²) in [6.45, 7) is 10.7. The second kappa shape index (κ2) is 15.3. The number of rotatable bonds is 15. The van der Waals surface area contributed by atoms with Crippen LogP contribution >= 0.6 is 0 Å². The molecule has 0 fully saturated rings. The zero-order valence-electron chi connectivity index (χ0n) is 14.5.